The Morgan fingerprint density at radius 3 is 2.69 bits per heavy atom. The molecule has 0 spiro atoms. The summed E-state index contributed by atoms with van der Waals surface area (Å²) in [5.74, 6) is 0.737. The fraction of sp³-hybridized carbons (Fsp3) is 0.545. The average Bonchev–Trinajstić information content (AvgIpc) is 2.70. The number of methoxy groups -OCH3 is 1. The van der Waals surface area contributed by atoms with Gasteiger partial charge in [-0.25, -0.2) is 4.79 Å². The summed E-state index contributed by atoms with van der Waals surface area (Å²) < 4.78 is 10.7. The van der Waals surface area contributed by atoms with Gasteiger partial charge in [0.25, 0.3) is 0 Å². The maximum absolute atomic E-state index is 12.2. The molecule has 7 heteroatoms. The standard InChI is InChI=1S/C22H31N3O4/c1-22(2,3)29-21(27)25-11-8-15(9-12-25)24-14-20(26)17-7-10-23-19-6-5-16(28-4)13-18(17)19/h5-7,10,13,15,20,24,26H,8-9,11-12,14H2,1-4H3/t20-/m1/s1. The van der Waals surface area contributed by atoms with Crippen molar-refractivity contribution < 1.29 is 19.4 Å². The molecule has 3 rings (SSSR count). The zero-order valence-electron chi connectivity index (χ0n) is 17.6. The number of ether oxygens (including phenoxy) is 2. The summed E-state index contributed by atoms with van der Waals surface area (Å²) in [5, 5.41) is 15.1. The van der Waals surface area contributed by atoms with Gasteiger partial charge in [-0.05, 0) is 63.4 Å². The van der Waals surface area contributed by atoms with Crippen LogP contribution in [0.3, 0.4) is 0 Å². The summed E-state index contributed by atoms with van der Waals surface area (Å²) in [5.41, 5.74) is 1.17. The average molecular weight is 402 g/mol. The maximum Gasteiger partial charge on any atom is 0.410 e. The van der Waals surface area contributed by atoms with Crippen LogP contribution in [0.5, 0.6) is 5.75 Å². The second kappa shape index (κ2) is 8.97. The van der Waals surface area contributed by atoms with Crippen LogP contribution in [0.2, 0.25) is 0 Å². The second-order valence-corrected chi connectivity index (χ2v) is 8.45. The lowest BCUT2D eigenvalue weighted by Crippen LogP contribution is -2.47. The highest BCUT2D eigenvalue weighted by Gasteiger charge is 2.27. The van der Waals surface area contributed by atoms with Gasteiger partial charge in [-0.1, -0.05) is 0 Å². The number of hydrogen-bond donors (Lipinski definition) is 2. The Labute approximate surface area is 172 Å². The molecule has 2 heterocycles. The first kappa shape index (κ1) is 21.3. The third-order valence-corrected chi connectivity index (χ3v) is 5.09. The minimum Gasteiger partial charge on any atom is -0.497 e. The Bertz CT molecular complexity index is 842. The summed E-state index contributed by atoms with van der Waals surface area (Å²) in [6.07, 6.45) is 2.46. The Morgan fingerprint density at radius 1 is 1.31 bits per heavy atom. The summed E-state index contributed by atoms with van der Waals surface area (Å²) in [4.78, 5) is 18.3. The number of fused-ring (bicyclic) bond motifs is 1. The number of likely N-dealkylation sites (tertiary alicyclic amines) is 1. The van der Waals surface area contributed by atoms with E-state index in [9.17, 15) is 9.90 Å². The van der Waals surface area contributed by atoms with Gasteiger partial charge in [0.2, 0.25) is 0 Å². The second-order valence-electron chi connectivity index (χ2n) is 8.45. The van der Waals surface area contributed by atoms with Crippen LogP contribution in [-0.4, -0.2) is 59.5 Å². The third kappa shape index (κ3) is 5.58. The summed E-state index contributed by atoms with van der Waals surface area (Å²) >= 11 is 0. The van der Waals surface area contributed by atoms with Crippen molar-refractivity contribution in [3.8, 4) is 5.75 Å². The first-order valence-electron chi connectivity index (χ1n) is 10.1. The molecule has 0 aliphatic carbocycles. The highest BCUT2D eigenvalue weighted by atomic mass is 16.6. The van der Waals surface area contributed by atoms with Gasteiger partial charge >= 0.3 is 6.09 Å². The minimum absolute atomic E-state index is 0.256. The zero-order valence-corrected chi connectivity index (χ0v) is 17.6. The first-order valence-corrected chi connectivity index (χ1v) is 10.1. The van der Waals surface area contributed by atoms with Gasteiger partial charge < -0.3 is 24.8 Å². The number of nitrogens with zero attached hydrogens (tertiary/aromatic N) is 2. The fourth-order valence-corrected chi connectivity index (χ4v) is 3.55. The molecule has 1 saturated heterocycles. The SMILES string of the molecule is COc1ccc2nccc([C@H](O)CNC3CCN(C(=O)OC(C)(C)C)CC3)c2c1. The van der Waals surface area contributed by atoms with Crippen LogP contribution in [0.15, 0.2) is 30.5 Å². The quantitative estimate of drug-likeness (QED) is 0.800. The number of nitrogens with one attached hydrogen (secondary N) is 1. The van der Waals surface area contributed by atoms with Crippen LogP contribution < -0.4 is 10.1 Å². The number of aliphatic hydroxyl groups excluding tert-OH is 1. The number of rotatable bonds is 5. The van der Waals surface area contributed by atoms with E-state index in [2.05, 4.69) is 10.3 Å². The lowest BCUT2D eigenvalue weighted by molar-refractivity contribution is 0.0194. The van der Waals surface area contributed by atoms with Gasteiger partial charge in [-0.3, -0.25) is 4.98 Å². The topological polar surface area (TPSA) is 83.9 Å². The Kier molecular flexibility index (Phi) is 6.59. The van der Waals surface area contributed by atoms with E-state index >= 15 is 0 Å². The number of hydrogen-bond acceptors (Lipinski definition) is 6. The number of piperidine rings is 1. The molecule has 29 heavy (non-hydrogen) atoms. The molecule has 158 valence electrons. The monoisotopic (exact) mass is 401 g/mol. The molecule has 2 aromatic rings. The summed E-state index contributed by atoms with van der Waals surface area (Å²) in [7, 11) is 1.62. The highest BCUT2D eigenvalue weighted by Crippen LogP contribution is 2.26. The smallest absolute Gasteiger partial charge is 0.410 e. The van der Waals surface area contributed by atoms with Crippen LogP contribution >= 0.6 is 0 Å². The minimum atomic E-state index is -0.656. The van der Waals surface area contributed by atoms with Gasteiger partial charge in [0, 0.05) is 37.3 Å². The zero-order chi connectivity index (χ0) is 21.0. The molecule has 1 aliphatic heterocycles. The summed E-state index contributed by atoms with van der Waals surface area (Å²) in [6.45, 7) is 7.36. The van der Waals surface area contributed by atoms with Gasteiger partial charge in [-0.2, -0.15) is 0 Å². The van der Waals surface area contributed by atoms with Gasteiger partial charge in [0.15, 0.2) is 0 Å². The van der Waals surface area contributed by atoms with E-state index in [1.165, 1.54) is 0 Å². The van der Waals surface area contributed by atoms with E-state index in [-0.39, 0.29) is 12.1 Å². The molecule has 1 fully saturated rings. The van der Waals surface area contributed by atoms with Gasteiger partial charge in [-0.15, -0.1) is 0 Å². The molecule has 1 aromatic carbocycles. The molecule has 1 atom stereocenters. The number of carbonyl (C=O) groups excluding carboxylic acids is 1. The van der Waals surface area contributed by atoms with E-state index in [1.807, 2.05) is 45.0 Å². The molecule has 0 unspecified atom stereocenters. The van der Waals surface area contributed by atoms with Crippen molar-refractivity contribution in [2.24, 2.45) is 0 Å². The van der Waals surface area contributed by atoms with Crippen LogP contribution in [0.25, 0.3) is 10.9 Å². The van der Waals surface area contributed by atoms with Crippen LogP contribution in [0.4, 0.5) is 4.79 Å². The number of pyridine rings is 1. The van der Waals surface area contributed by atoms with E-state index in [0.717, 1.165) is 35.1 Å². The van der Waals surface area contributed by atoms with Crippen molar-refractivity contribution in [2.75, 3.05) is 26.7 Å². The number of carbonyl (C=O) groups is 1. The summed E-state index contributed by atoms with van der Waals surface area (Å²) in [6, 6.07) is 7.76. The lowest BCUT2D eigenvalue weighted by atomic mass is 10.0. The fourth-order valence-electron chi connectivity index (χ4n) is 3.55. The number of aromatic nitrogens is 1. The highest BCUT2D eigenvalue weighted by molar-refractivity contribution is 5.83. The predicted octanol–water partition coefficient (Wildman–Crippen LogP) is 3.27. The van der Waals surface area contributed by atoms with Crippen molar-refractivity contribution in [1.29, 1.82) is 0 Å². The van der Waals surface area contributed by atoms with Crippen molar-refractivity contribution in [1.82, 2.24) is 15.2 Å². The largest absolute Gasteiger partial charge is 0.497 e. The van der Waals surface area contributed by atoms with Crippen LogP contribution in [-0.2, 0) is 4.74 Å². The van der Waals surface area contributed by atoms with Crippen LogP contribution in [0, 0.1) is 0 Å². The molecule has 0 radical (unpaired) electrons. The molecule has 0 bridgehead atoms. The first-order chi connectivity index (χ1) is 13.8. The number of amides is 1. The van der Waals surface area contributed by atoms with Crippen molar-refractivity contribution in [3.05, 3.63) is 36.0 Å². The maximum atomic E-state index is 12.2. The number of aliphatic hydroxyl groups is 1. The molecule has 7 nitrogen and oxygen atoms in total. The molecule has 1 aromatic heterocycles. The van der Waals surface area contributed by atoms with E-state index in [4.69, 9.17) is 9.47 Å². The normalized spacial score (nSPS) is 16.7. The Balaban J connectivity index is 1.55. The Morgan fingerprint density at radius 2 is 2.03 bits per heavy atom. The molecule has 2 N–H and O–H groups in total. The van der Waals surface area contributed by atoms with Gasteiger partial charge in [0.1, 0.15) is 11.4 Å². The van der Waals surface area contributed by atoms with E-state index < -0.39 is 11.7 Å². The molecular weight excluding hydrogens is 370 g/mol. The molecular formula is C22H31N3O4. The third-order valence-electron chi connectivity index (χ3n) is 5.09. The molecule has 1 aliphatic rings. The predicted molar refractivity (Wildman–Crippen MR) is 112 cm³/mol. The number of benzene rings is 1. The van der Waals surface area contributed by atoms with Gasteiger partial charge in [0.05, 0.1) is 18.7 Å². The van der Waals surface area contributed by atoms with Crippen molar-refractivity contribution in [3.63, 3.8) is 0 Å². The van der Waals surface area contributed by atoms with E-state index in [0.29, 0.717) is 19.6 Å². The van der Waals surface area contributed by atoms with Crippen molar-refractivity contribution in [2.45, 2.75) is 51.4 Å². The Hall–Kier alpha value is -2.38. The van der Waals surface area contributed by atoms with Crippen LogP contribution in [0.1, 0.15) is 45.3 Å². The molecule has 0 saturated carbocycles. The van der Waals surface area contributed by atoms with E-state index in [1.54, 1.807) is 18.2 Å². The molecule has 1 amide bonds. The van der Waals surface area contributed by atoms with Crippen molar-refractivity contribution >= 4 is 17.0 Å². The lowest BCUT2D eigenvalue weighted by Gasteiger charge is -2.34.